The number of phenols is 2. The van der Waals surface area contributed by atoms with Crippen LogP contribution < -0.4 is 0 Å². The highest BCUT2D eigenvalue weighted by atomic mass is 16.8. The smallest absolute Gasteiger partial charge is 0.338 e. The van der Waals surface area contributed by atoms with Crippen LogP contribution in [0.15, 0.2) is 84.9 Å². The number of esters is 4. The minimum atomic E-state index is -2.86. The molecule has 4 aliphatic heterocycles. The standard InChI is InChI=1S/C49H58O27/c1-22(53)66-20-31-34(58)37(61)39(63)47(70-31)72-41-40(71-32(56)15-13-23-12-14-26(54)27(55)16-23)30(19-52)69-48(42(41)73-46-38(62)36(60)33(57)28(17-50)68-46)76-49(21-67-44(64)24-8-4-2-5-9-24)43(35(59)29(18-51)75-49)74-45(65)25-10-6-3-7-11-25/h2-16,28-31,33-43,46-48,50-52,54-55,57-63H,17-21H2,1H3/b15-13-/t28-,29+,30+,31-,33+,34+,35+,36-,37-,38+,39+,40+,41-,42+,43-,46+,47-,48+,49-/m0/s1. The molecule has 27 heteroatoms. The highest BCUT2D eigenvalue weighted by Crippen LogP contribution is 2.42. The summed E-state index contributed by atoms with van der Waals surface area (Å²) >= 11 is 0. The summed E-state index contributed by atoms with van der Waals surface area (Å²) in [5, 5.41) is 130. The van der Waals surface area contributed by atoms with Gasteiger partial charge in [0.15, 0.2) is 42.6 Å². The van der Waals surface area contributed by atoms with E-state index in [9.17, 15) is 80.5 Å². The Bertz CT molecular complexity index is 2440. The van der Waals surface area contributed by atoms with E-state index in [1.54, 1.807) is 12.1 Å². The molecule has 0 aromatic heterocycles. The molecule has 4 aliphatic rings. The van der Waals surface area contributed by atoms with Crippen molar-refractivity contribution < 1.29 is 133 Å². The summed E-state index contributed by atoms with van der Waals surface area (Å²) in [6, 6.07) is 18.0. The van der Waals surface area contributed by atoms with Crippen molar-refractivity contribution in [2.75, 3.05) is 33.0 Å². The zero-order valence-electron chi connectivity index (χ0n) is 40.1. The summed E-state index contributed by atoms with van der Waals surface area (Å²) in [4.78, 5) is 53.1. The van der Waals surface area contributed by atoms with Crippen LogP contribution in [0.25, 0.3) is 6.08 Å². The van der Waals surface area contributed by atoms with Crippen LogP contribution in [0.1, 0.15) is 33.2 Å². The van der Waals surface area contributed by atoms with Crippen LogP contribution in [-0.2, 0) is 61.7 Å². The third-order valence-electron chi connectivity index (χ3n) is 12.6. The second kappa shape index (κ2) is 25.6. The zero-order valence-corrected chi connectivity index (χ0v) is 40.1. The predicted octanol–water partition coefficient (Wildman–Crippen LogP) is -3.77. The molecule has 0 radical (unpaired) electrons. The molecule has 416 valence electrons. The monoisotopic (exact) mass is 1080 g/mol. The van der Waals surface area contributed by atoms with Gasteiger partial charge in [-0.1, -0.05) is 42.5 Å². The van der Waals surface area contributed by atoms with Crippen molar-refractivity contribution in [2.45, 2.75) is 123 Å². The van der Waals surface area contributed by atoms with Gasteiger partial charge in [0, 0.05) is 13.0 Å². The lowest BCUT2D eigenvalue weighted by Crippen LogP contribution is -2.69. The van der Waals surface area contributed by atoms with Crippen LogP contribution >= 0.6 is 0 Å². The molecule has 4 fully saturated rings. The molecule has 0 unspecified atom stereocenters. The Hall–Kier alpha value is -5.80. The van der Waals surface area contributed by atoms with E-state index in [4.69, 9.17) is 52.1 Å². The van der Waals surface area contributed by atoms with Gasteiger partial charge in [-0.3, -0.25) is 4.79 Å². The van der Waals surface area contributed by atoms with Crippen molar-refractivity contribution in [3.8, 4) is 11.5 Å². The maximum absolute atomic E-state index is 13.8. The fourth-order valence-electron chi connectivity index (χ4n) is 8.58. The van der Waals surface area contributed by atoms with E-state index < -0.39 is 185 Å². The predicted molar refractivity (Wildman–Crippen MR) is 245 cm³/mol. The average Bonchev–Trinajstić information content (AvgIpc) is 3.73. The molecule has 0 amide bonds. The molecule has 0 aliphatic carbocycles. The van der Waals surface area contributed by atoms with Crippen molar-refractivity contribution in [1.29, 1.82) is 0 Å². The molecular formula is C49H58O27. The first-order chi connectivity index (χ1) is 36.3. The van der Waals surface area contributed by atoms with E-state index in [0.717, 1.165) is 31.2 Å². The maximum atomic E-state index is 13.8. The Kier molecular flexibility index (Phi) is 19.5. The Morgan fingerprint density at radius 1 is 0.566 bits per heavy atom. The average molecular weight is 1080 g/mol. The molecule has 4 saturated heterocycles. The van der Waals surface area contributed by atoms with Crippen LogP contribution in [0.5, 0.6) is 11.5 Å². The van der Waals surface area contributed by atoms with Crippen LogP contribution in [0.4, 0.5) is 0 Å². The minimum absolute atomic E-state index is 0.0365. The molecule has 0 spiro atoms. The highest BCUT2D eigenvalue weighted by Gasteiger charge is 2.64. The zero-order chi connectivity index (χ0) is 55.0. The number of aliphatic hydroxyl groups is 10. The molecule has 0 bridgehead atoms. The fourth-order valence-corrected chi connectivity index (χ4v) is 8.58. The Labute approximate surface area is 431 Å². The Morgan fingerprint density at radius 3 is 1.70 bits per heavy atom. The molecule has 3 aromatic carbocycles. The molecule has 12 N–H and O–H groups in total. The first-order valence-electron chi connectivity index (χ1n) is 23.5. The summed E-state index contributed by atoms with van der Waals surface area (Å²) in [5.41, 5.74) is 0.0162. The summed E-state index contributed by atoms with van der Waals surface area (Å²) in [7, 11) is 0. The van der Waals surface area contributed by atoms with Gasteiger partial charge in [-0.25, -0.2) is 14.4 Å². The number of phenolic OH excluding ortho intramolecular Hbond substituents is 2. The number of benzene rings is 3. The van der Waals surface area contributed by atoms with E-state index >= 15 is 0 Å². The van der Waals surface area contributed by atoms with Crippen molar-refractivity contribution in [2.24, 2.45) is 0 Å². The van der Waals surface area contributed by atoms with E-state index in [1.165, 1.54) is 54.6 Å². The quantitative estimate of drug-likeness (QED) is 0.0237. The molecule has 7 rings (SSSR count). The van der Waals surface area contributed by atoms with Gasteiger partial charge in [-0.2, -0.15) is 0 Å². The highest BCUT2D eigenvalue weighted by molar-refractivity contribution is 5.90. The van der Waals surface area contributed by atoms with Crippen LogP contribution in [0.2, 0.25) is 0 Å². The van der Waals surface area contributed by atoms with E-state index in [2.05, 4.69) is 0 Å². The second-order valence-corrected chi connectivity index (χ2v) is 17.8. The second-order valence-electron chi connectivity index (χ2n) is 17.8. The SMILES string of the molecule is CC(=O)OC[C@@H]1O[C@@H](O[C@@H]2[C@@H](O[C@H]3O[C@@H](CO)[C@@H](O)[C@H](O)[C@H]3O)[C@@H](O[C@]3(COC(=O)c4ccccc4)O[C@H](CO)[C@@H](O)[C@@H]3OC(=O)c3ccccc3)O[C@H](CO)[C@H]2OC(=O)/C=C\c2ccc(O)c(O)c2)[C@H](O)[C@@H](O)[C@@H]1O. The van der Waals surface area contributed by atoms with Crippen molar-refractivity contribution >= 4 is 30.0 Å². The van der Waals surface area contributed by atoms with Gasteiger partial charge < -0.3 is 113 Å². The first kappa shape index (κ1) is 57.9. The van der Waals surface area contributed by atoms with Crippen LogP contribution in [-0.4, -0.2) is 234 Å². The number of ether oxygens (including phenoxy) is 11. The lowest BCUT2D eigenvalue weighted by molar-refractivity contribution is -0.421. The molecule has 76 heavy (non-hydrogen) atoms. The van der Waals surface area contributed by atoms with E-state index in [-0.39, 0.29) is 16.7 Å². The third-order valence-corrected chi connectivity index (χ3v) is 12.6. The van der Waals surface area contributed by atoms with Gasteiger partial charge >= 0.3 is 23.9 Å². The van der Waals surface area contributed by atoms with Gasteiger partial charge in [-0.05, 0) is 48.0 Å². The molecule has 27 nitrogen and oxygen atoms in total. The van der Waals surface area contributed by atoms with E-state index in [0.29, 0.717) is 0 Å². The lowest BCUT2D eigenvalue weighted by Gasteiger charge is -2.50. The molecule has 4 heterocycles. The van der Waals surface area contributed by atoms with Crippen molar-refractivity contribution in [3.63, 3.8) is 0 Å². The van der Waals surface area contributed by atoms with Gasteiger partial charge in [0.1, 0.15) is 92.6 Å². The van der Waals surface area contributed by atoms with Gasteiger partial charge in [0.2, 0.25) is 5.79 Å². The summed E-state index contributed by atoms with van der Waals surface area (Å²) in [6.45, 7) is -4.09. The van der Waals surface area contributed by atoms with Gasteiger partial charge in [0.25, 0.3) is 0 Å². The van der Waals surface area contributed by atoms with Gasteiger partial charge in [-0.15, -0.1) is 0 Å². The molecule has 0 saturated carbocycles. The number of aliphatic hydroxyl groups excluding tert-OH is 10. The van der Waals surface area contributed by atoms with Crippen LogP contribution in [0.3, 0.4) is 0 Å². The first-order valence-corrected chi connectivity index (χ1v) is 23.5. The van der Waals surface area contributed by atoms with Crippen LogP contribution in [0, 0.1) is 0 Å². The van der Waals surface area contributed by atoms with Crippen molar-refractivity contribution in [3.05, 3.63) is 102 Å². The molecule has 19 atom stereocenters. The largest absolute Gasteiger partial charge is 0.504 e. The topological polar surface area (TPSA) is 413 Å². The van der Waals surface area contributed by atoms with Crippen molar-refractivity contribution in [1.82, 2.24) is 0 Å². The maximum Gasteiger partial charge on any atom is 0.338 e. The van der Waals surface area contributed by atoms with Gasteiger partial charge in [0.05, 0.1) is 30.9 Å². The minimum Gasteiger partial charge on any atom is -0.504 e. The summed E-state index contributed by atoms with van der Waals surface area (Å²) < 4.78 is 65.1. The molecule has 3 aromatic rings. The number of carbonyl (C=O) groups excluding carboxylic acids is 4. The number of carbonyl (C=O) groups is 4. The fraction of sp³-hybridized carbons (Fsp3) is 0.510. The Balaban J connectivity index is 1.37. The summed E-state index contributed by atoms with van der Waals surface area (Å²) in [6.07, 6.45) is -35.4. The number of aromatic hydroxyl groups is 2. The normalized spacial score (nSPS) is 35.6. The molecular weight excluding hydrogens is 1020 g/mol. The third kappa shape index (κ3) is 13.1. The Morgan fingerprint density at radius 2 is 1.12 bits per heavy atom. The van der Waals surface area contributed by atoms with E-state index in [1.807, 2.05) is 0 Å². The number of rotatable bonds is 19. The lowest BCUT2D eigenvalue weighted by atomic mass is 9.95. The number of hydrogen-bond acceptors (Lipinski definition) is 27. The number of hydrogen-bond donors (Lipinski definition) is 12. The summed E-state index contributed by atoms with van der Waals surface area (Å²) in [5.74, 6) is -8.23.